The number of nitrogens with one attached hydrogen (secondary N) is 2. The fraction of sp³-hybridized carbons (Fsp3) is 0.286. The van der Waals surface area contributed by atoms with E-state index in [1.54, 1.807) is 13.0 Å². The minimum atomic E-state index is 0.401. The molecule has 0 spiro atoms. The van der Waals surface area contributed by atoms with Gasteiger partial charge in [0, 0.05) is 6.07 Å². The molecule has 0 saturated carbocycles. The fourth-order valence-corrected chi connectivity index (χ4v) is 1.27. The smallest absolute Gasteiger partial charge is 0.193 e. The molecule has 8 heteroatoms. The summed E-state index contributed by atoms with van der Waals surface area (Å²) in [7, 11) is 0. The predicted octanol–water partition coefficient (Wildman–Crippen LogP) is 0.564. The second kappa shape index (κ2) is 4.18. The maximum atomic E-state index is 5.77. The molecule has 0 saturated heterocycles. The molecule has 0 aliphatic heterocycles. The van der Waals surface area contributed by atoms with Gasteiger partial charge in [-0.1, -0.05) is 16.8 Å². The molecule has 0 radical (unpaired) electrons. The zero-order chi connectivity index (χ0) is 10.7. The van der Waals surface area contributed by atoms with E-state index in [1.807, 2.05) is 0 Å². The number of aryl methyl sites for hydroxylation is 1. The summed E-state index contributed by atoms with van der Waals surface area (Å²) in [5.74, 6) is 1.80. The van der Waals surface area contributed by atoms with E-state index >= 15 is 0 Å². The highest BCUT2D eigenvalue weighted by molar-refractivity contribution is 6.29. The van der Waals surface area contributed by atoms with Gasteiger partial charge in [-0.15, -0.1) is 10.2 Å². The number of aromatic amines is 1. The van der Waals surface area contributed by atoms with Gasteiger partial charge in [-0.05, 0) is 6.92 Å². The van der Waals surface area contributed by atoms with Gasteiger partial charge in [-0.3, -0.25) is 0 Å². The molecule has 78 valence electrons. The van der Waals surface area contributed by atoms with E-state index in [-0.39, 0.29) is 0 Å². The van der Waals surface area contributed by atoms with Crippen molar-refractivity contribution in [3.05, 3.63) is 22.9 Å². The zero-order valence-corrected chi connectivity index (χ0v) is 8.65. The molecule has 7 nitrogen and oxygen atoms in total. The van der Waals surface area contributed by atoms with Gasteiger partial charge in [0.15, 0.2) is 5.82 Å². The molecule has 2 aromatic heterocycles. The Hall–Kier alpha value is -1.76. The van der Waals surface area contributed by atoms with Crippen LogP contribution in [0.2, 0.25) is 5.15 Å². The Morgan fingerprint density at radius 3 is 3.00 bits per heavy atom. The molecule has 0 aromatic carbocycles. The first-order valence-electron chi connectivity index (χ1n) is 4.21. The average molecular weight is 226 g/mol. The van der Waals surface area contributed by atoms with Gasteiger partial charge in [0.05, 0.1) is 6.54 Å². The van der Waals surface area contributed by atoms with Crippen LogP contribution >= 0.6 is 11.6 Å². The molecular weight excluding hydrogens is 218 g/mol. The number of rotatable bonds is 3. The summed E-state index contributed by atoms with van der Waals surface area (Å²) >= 11 is 5.77. The van der Waals surface area contributed by atoms with Crippen LogP contribution in [0.1, 0.15) is 11.6 Å². The first-order chi connectivity index (χ1) is 7.24. The van der Waals surface area contributed by atoms with Crippen LogP contribution < -0.4 is 5.32 Å². The second-order valence-electron chi connectivity index (χ2n) is 2.80. The van der Waals surface area contributed by atoms with Crippen molar-refractivity contribution in [2.24, 2.45) is 0 Å². The number of tetrazole rings is 1. The molecule has 15 heavy (non-hydrogen) atoms. The Bertz CT molecular complexity index is 420. The highest BCUT2D eigenvalue weighted by Gasteiger charge is 2.01. The molecule has 0 aliphatic carbocycles. The van der Waals surface area contributed by atoms with E-state index in [4.69, 9.17) is 11.6 Å². The maximum Gasteiger partial charge on any atom is 0.193 e. The molecule has 0 aliphatic rings. The summed E-state index contributed by atoms with van der Waals surface area (Å²) in [6.07, 6.45) is 0. The highest BCUT2D eigenvalue weighted by atomic mass is 35.5. The van der Waals surface area contributed by atoms with Gasteiger partial charge in [0.25, 0.3) is 0 Å². The highest BCUT2D eigenvalue weighted by Crippen LogP contribution is 2.11. The lowest BCUT2D eigenvalue weighted by atomic mass is 10.5. The number of anilines is 1. The minimum absolute atomic E-state index is 0.401. The lowest BCUT2D eigenvalue weighted by molar-refractivity contribution is 0.881. The van der Waals surface area contributed by atoms with Crippen molar-refractivity contribution in [3.8, 4) is 0 Å². The zero-order valence-electron chi connectivity index (χ0n) is 7.90. The number of aromatic nitrogens is 6. The van der Waals surface area contributed by atoms with Crippen molar-refractivity contribution < 1.29 is 0 Å². The van der Waals surface area contributed by atoms with Crippen LogP contribution in [-0.2, 0) is 6.54 Å². The van der Waals surface area contributed by atoms with Gasteiger partial charge in [-0.2, -0.15) is 5.21 Å². The molecule has 2 heterocycles. The quantitative estimate of drug-likeness (QED) is 0.742. The van der Waals surface area contributed by atoms with Crippen molar-refractivity contribution in [1.82, 2.24) is 30.6 Å². The van der Waals surface area contributed by atoms with E-state index in [0.29, 0.717) is 29.2 Å². The van der Waals surface area contributed by atoms with Crippen LogP contribution in [0.25, 0.3) is 0 Å². The summed E-state index contributed by atoms with van der Waals surface area (Å²) in [6.45, 7) is 2.20. The topological polar surface area (TPSA) is 92.3 Å². The minimum Gasteiger partial charge on any atom is -0.362 e. The van der Waals surface area contributed by atoms with Gasteiger partial charge in [0.1, 0.15) is 16.8 Å². The first-order valence-corrected chi connectivity index (χ1v) is 4.59. The molecule has 2 rings (SSSR count). The Morgan fingerprint density at radius 1 is 1.47 bits per heavy atom. The van der Waals surface area contributed by atoms with Crippen LogP contribution in [0.4, 0.5) is 5.82 Å². The summed E-state index contributed by atoms with van der Waals surface area (Å²) in [5.41, 5.74) is 0. The third kappa shape index (κ3) is 2.59. The molecular formula is C7H8ClN7. The van der Waals surface area contributed by atoms with Gasteiger partial charge in [0.2, 0.25) is 0 Å². The first kappa shape index (κ1) is 9.78. The van der Waals surface area contributed by atoms with E-state index in [0.717, 1.165) is 0 Å². The SMILES string of the molecule is Cc1nc(Cl)cc(NCc2nn[nH]n2)n1. The van der Waals surface area contributed by atoms with Crippen LogP contribution in [0.3, 0.4) is 0 Å². The Kier molecular flexibility index (Phi) is 2.72. The van der Waals surface area contributed by atoms with Crippen LogP contribution in [0.15, 0.2) is 6.07 Å². The maximum absolute atomic E-state index is 5.77. The normalized spacial score (nSPS) is 10.3. The van der Waals surface area contributed by atoms with Crippen molar-refractivity contribution in [2.75, 3.05) is 5.32 Å². The van der Waals surface area contributed by atoms with Crippen LogP contribution in [-0.4, -0.2) is 30.6 Å². The molecule has 0 fully saturated rings. The molecule has 0 bridgehead atoms. The Labute approximate surface area is 90.3 Å². The average Bonchev–Trinajstić information content (AvgIpc) is 2.65. The number of H-pyrrole nitrogens is 1. The van der Waals surface area contributed by atoms with Gasteiger partial charge >= 0.3 is 0 Å². The third-order valence-electron chi connectivity index (χ3n) is 1.62. The van der Waals surface area contributed by atoms with E-state index in [9.17, 15) is 0 Å². The monoisotopic (exact) mass is 225 g/mol. The molecule has 2 aromatic rings. The van der Waals surface area contributed by atoms with Crippen molar-refractivity contribution in [2.45, 2.75) is 13.5 Å². The fourth-order valence-electron chi connectivity index (χ4n) is 1.05. The number of halogens is 1. The van der Waals surface area contributed by atoms with Crippen molar-refractivity contribution in [3.63, 3.8) is 0 Å². The number of hydrogen-bond donors (Lipinski definition) is 2. The van der Waals surface area contributed by atoms with Crippen LogP contribution in [0, 0.1) is 6.92 Å². The molecule has 2 N–H and O–H groups in total. The van der Waals surface area contributed by atoms with E-state index in [1.165, 1.54) is 0 Å². The predicted molar refractivity (Wildman–Crippen MR) is 53.3 cm³/mol. The lowest BCUT2D eigenvalue weighted by Gasteiger charge is -2.03. The number of hydrogen-bond acceptors (Lipinski definition) is 6. The lowest BCUT2D eigenvalue weighted by Crippen LogP contribution is -2.04. The standard InChI is InChI=1S/C7H8ClN7/c1-4-10-5(8)2-6(11-4)9-3-7-12-14-15-13-7/h2H,3H2,1H3,(H,9,10,11)(H,12,13,14,15). The Morgan fingerprint density at radius 2 is 2.33 bits per heavy atom. The van der Waals surface area contributed by atoms with Gasteiger partial charge < -0.3 is 5.32 Å². The molecule has 0 atom stereocenters. The largest absolute Gasteiger partial charge is 0.362 e. The third-order valence-corrected chi connectivity index (χ3v) is 1.82. The van der Waals surface area contributed by atoms with Crippen LogP contribution in [0.5, 0.6) is 0 Å². The Balaban J connectivity index is 2.05. The summed E-state index contributed by atoms with van der Waals surface area (Å²) in [6, 6.07) is 1.63. The summed E-state index contributed by atoms with van der Waals surface area (Å²) in [4.78, 5) is 8.08. The molecule has 0 unspecified atom stereocenters. The number of nitrogens with zero attached hydrogens (tertiary/aromatic N) is 5. The van der Waals surface area contributed by atoms with Crippen molar-refractivity contribution in [1.29, 1.82) is 0 Å². The summed E-state index contributed by atoms with van der Waals surface area (Å²) < 4.78 is 0. The van der Waals surface area contributed by atoms with E-state index in [2.05, 4.69) is 35.9 Å². The summed E-state index contributed by atoms with van der Waals surface area (Å²) in [5, 5.41) is 16.8. The molecule has 0 amide bonds. The van der Waals surface area contributed by atoms with Crippen molar-refractivity contribution >= 4 is 17.4 Å². The van der Waals surface area contributed by atoms with Gasteiger partial charge in [-0.25, -0.2) is 9.97 Å². The second-order valence-corrected chi connectivity index (χ2v) is 3.19. The van der Waals surface area contributed by atoms with E-state index < -0.39 is 0 Å².